The number of carbonyl (C=O) groups excluding carboxylic acids is 1. The molecule has 1 N–H and O–H groups in total. The van der Waals surface area contributed by atoms with E-state index in [4.69, 9.17) is 14.7 Å². The topological polar surface area (TPSA) is 67.3 Å². The zero-order valence-electron chi connectivity index (χ0n) is 17.2. The van der Waals surface area contributed by atoms with Crippen LogP contribution in [-0.2, 0) is 16.1 Å². The highest BCUT2D eigenvalue weighted by molar-refractivity contribution is 7.17. The number of esters is 1. The van der Waals surface area contributed by atoms with Gasteiger partial charge in [0.15, 0.2) is 0 Å². The van der Waals surface area contributed by atoms with Crippen LogP contribution in [0.5, 0.6) is 0 Å². The third-order valence-corrected chi connectivity index (χ3v) is 6.37. The van der Waals surface area contributed by atoms with Crippen LogP contribution in [0.4, 0.5) is 16.2 Å². The van der Waals surface area contributed by atoms with Gasteiger partial charge in [-0.05, 0) is 55.3 Å². The van der Waals surface area contributed by atoms with Crippen LogP contribution in [0, 0.1) is 18.7 Å². The van der Waals surface area contributed by atoms with Crippen molar-refractivity contribution >= 4 is 39.3 Å². The van der Waals surface area contributed by atoms with Crippen molar-refractivity contribution in [2.24, 2.45) is 5.92 Å². The molecule has 3 heterocycles. The van der Waals surface area contributed by atoms with Crippen molar-refractivity contribution < 1.29 is 13.9 Å². The Hall–Kier alpha value is -2.74. The van der Waals surface area contributed by atoms with E-state index in [9.17, 15) is 9.18 Å². The Bertz CT molecular complexity index is 1030. The van der Waals surface area contributed by atoms with Crippen molar-refractivity contribution in [1.29, 1.82) is 0 Å². The molecule has 1 aromatic carbocycles. The molecule has 0 spiro atoms. The molecule has 1 aliphatic heterocycles. The first-order chi connectivity index (χ1) is 14.5. The lowest BCUT2D eigenvalue weighted by Crippen LogP contribution is -2.38. The van der Waals surface area contributed by atoms with Crippen LogP contribution in [0.2, 0.25) is 0 Å². The molecule has 30 heavy (non-hydrogen) atoms. The normalized spacial score (nSPS) is 14.8. The summed E-state index contributed by atoms with van der Waals surface area (Å²) in [6.45, 7) is 6.29. The number of piperidine rings is 1. The van der Waals surface area contributed by atoms with Gasteiger partial charge in [-0.2, -0.15) is 4.98 Å². The van der Waals surface area contributed by atoms with Crippen LogP contribution in [0.25, 0.3) is 10.2 Å². The third-order valence-electron chi connectivity index (χ3n) is 5.38. The fraction of sp³-hybridized carbons (Fsp3) is 0.409. The summed E-state index contributed by atoms with van der Waals surface area (Å²) in [5, 5.41) is 6.51. The Morgan fingerprint density at radius 2 is 2.00 bits per heavy atom. The van der Waals surface area contributed by atoms with Crippen LogP contribution in [0.15, 0.2) is 29.6 Å². The smallest absolute Gasteiger partial charge is 0.309 e. The highest BCUT2D eigenvalue weighted by atomic mass is 32.1. The Kier molecular flexibility index (Phi) is 6.13. The van der Waals surface area contributed by atoms with Gasteiger partial charge in [0.2, 0.25) is 5.95 Å². The number of nitrogens with one attached hydrogen (secondary N) is 1. The predicted octanol–water partition coefficient (Wildman–Crippen LogP) is 4.53. The summed E-state index contributed by atoms with van der Waals surface area (Å²) in [5.74, 6) is 1.05. The molecule has 1 aliphatic rings. The molecule has 0 unspecified atom stereocenters. The molecule has 0 bridgehead atoms. The maximum Gasteiger partial charge on any atom is 0.309 e. The Morgan fingerprint density at radius 1 is 1.27 bits per heavy atom. The van der Waals surface area contributed by atoms with E-state index in [0.29, 0.717) is 19.1 Å². The second kappa shape index (κ2) is 8.95. The van der Waals surface area contributed by atoms with Gasteiger partial charge >= 0.3 is 5.97 Å². The molecule has 158 valence electrons. The summed E-state index contributed by atoms with van der Waals surface area (Å²) in [6, 6.07) is 6.45. The maximum atomic E-state index is 13.2. The molecule has 3 aromatic rings. The molecule has 8 heteroatoms. The number of thiophene rings is 1. The Balaban J connectivity index is 1.53. The summed E-state index contributed by atoms with van der Waals surface area (Å²) in [7, 11) is 0. The minimum absolute atomic E-state index is 0.0509. The van der Waals surface area contributed by atoms with Crippen LogP contribution < -0.4 is 10.2 Å². The van der Waals surface area contributed by atoms with Gasteiger partial charge < -0.3 is 15.0 Å². The number of nitrogens with zero attached hydrogens (tertiary/aromatic N) is 3. The Morgan fingerprint density at radius 3 is 2.70 bits per heavy atom. The predicted molar refractivity (Wildman–Crippen MR) is 117 cm³/mol. The largest absolute Gasteiger partial charge is 0.466 e. The highest BCUT2D eigenvalue weighted by Crippen LogP contribution is 2.32. The number of anilines is 2. The summed E-state index contributed by atoms with van der Waals surface area (Å²) in [4.78, 5) is 24.7. The van der Waals surface area contributed by atoms with Gasteiger partial charge in [0.25, 0.3) is 0 Å². The number of benzene rings is 1. The number of fused-ring (bicyclic) bond motifs is 1. The SMILES string of the molecule is CCOC(=O)C1CCN(c2nc(NCc3ccc(F)cc3)c3c(C)csc3n2)CC1. The number of aryl methyl sites for hydroxylation is 1. The Labute approximate surface area is 179 Å². The molecule has 4 rings (SSSR count). The zero-order valence-corrected chi connectivity index (χ0v) is 18.0. The maximum absolute atomic E-state index is 13.2. The highest BCUT2D eigenvalue weighted by Gasteiger charge is 2.27. The average Bonchev–Trinajstić information content (AvgIpc) is 3.14. The fourth-order valence-electron chi connectivity index (χ4n) is 3.71. The standard InChI is InChI=1S/C22H25FN4O2S/c1-3-29-21(28)16-8-10-27(11-9-16)22-25-19(18-14(2)13-30-20(18)26-22)24-12-15-4-6-17(23)7-5-15/h4-7,13,16H,3,8-12H2,1-2H3,(H,24,25,26). The summed E-state index contributed by atoms with van der Waals surface area (Å²) >= 11 is 1.60. The lowest BCUT2D eigenvalue weighted by molar-refractivity contribution is -0.148. The summed E-state index contributed by atoms with van der Waals surface area (Å²) in [6.07, 6.45) is 1.48. The van der Waals surface area contributed by atoms with E-state index >= 15 is 0 Å². The molecule has 1 fully saturated rings. The van der Waals surface area contributed by atoms with E-state index < -0.39 is 0 Å². The number of halogens is 1. The van der Waals surface area contributed by atoms with Gasteiger partial charge in [0.05, 0.1) is 17.9 Å². The molecule has 0 aliphatic carbocycles. The van der Waals surface area contributed by atoms with Gasteiger partial charge in [0.1, 0.15) is 16.5 Å². The van der Waals surface area contributed by atoms with Gasteiger partial charge in [-0.1, -0.05) is 12.1 Å². The molecule has 1 saturated heterocycles. The van der Waals surface area contributed by atoms with Crippen molar-refractivity contribution in [3.63, 3.8) is 0 Å². The lowest BCUT2D eigenvalue weighted by atomic mass is 9.97. The monoisotopic (exact) mass is 428 g/mol. The lowest BCUT2D eigenvalue weighted by Gasteiger charge is -2.31. The van der Waals surface area contributed by atoms with Gasteiger partial charge in [-0.25, -0.2) is 9.37 Å². The van der Waals surface area contributed by atoms with Crippen molar-refractivity contribution in [2.75, 3.05) is 29.9 Å². The molecular formula is C22H25FN4O2S. The number of hydrogen-bond donors (Lipinski definition) is 1. The van der Waals surface area contributed by atoms with E-state index in [1.807, 2.05) is 6.92 Å². The van der Waals surface area contributed by atoms with Crippen molar-refractivity contribution in [3.05, 3.63) is 46.6 Å². The summed E-state index contributed by atoms with van der Waals surface area (Å²) in [5.41, 5.74) is 2.11. The zero-order chi connectivity index (χ0) is 21.1. The number of hydrogen-bond acceptors (Lipinski definition) is 7. The molecule has 0 amide bonds. The molecule has 2 aromatic heterocycles. The van der Waals surface area contributed by atoms with E-state index in [1.54, 1.807) is 23.5 Å². The summed E-state index contributed by atoms with van der Waals surface area (Å²) < 4.78 is 18.3. The minimum Gasteiger partial charge on any atom is -0.466 e. The number of aromatic nitrogens is 2. The quantitative estimate of drug-likeness (QED) is 0.582. The molecule has 6 nitrogen and oxygen atoms in total. The molecule has 0 radical (unpaired) electrons. The van der Waals surface area contributed by atoms with Crippen LogP contribution in [-0.4, -0.2) is 35.6 Å². The van der Waals surface area contributed by atoms with Crippen LogP contribution >= 0.6 is 11.3 Å². The molecule has 0 saturated carbocycles. The molecule has 0 atom stereocenters. The van der Waals surface area contributed by atoms with Crippen LogP contribution in [0.3, 0.4) is 0 Å². The van der Waals surface area contributed by atoms with Crippen molar-refractivity contribution in [3.8, 4) is 0 Å². The van der Waals surface area contributed by atoms with Crippen molar-refractivity contribution in [1.82, 2.24) is 9.97 Å². The van der Waals surface area contributed by atoms with E-state index in [1.165, 1.54) is 12.1 Å². The van der Waals surface area contributed by atoms with E-state index in [2.05, 4.69) is 22.5 Å². The first-order valence-corrected chi connectivity index (χ1v) is 11.1. The first kappa shape index (κ1) is 20.5. The minimum atomic E-state index is -0.245. The van der Waals surface area contributed by atoms with Gasteiger partial charge in [-0.15, -0.1) is 11.3 Å². The van der Waals surface area contributed by atoms with Crippen molar-refractivity contribution in [2.45, 2.75) is 33.2 Å². The van der Waals surface area contributed by atoms with Gasteiger partial charge in [0, 0.05) is 19.6 Å². The second-order valence-electron chi connectivity index (χ2n) is 7.46. The fourth-order valence-corrected chi connectivity index (χ4v) is 4.62. The van der Waals surface area contributed by atoms with Crippen LogP contribution in [0.1, 0.15) is 30.9 Å². The third kappa shape index (κ3) is 4.38. The van der Waals surface area contributed by atoms with Gasteiger partial charge in [-0.3, -0.25) is 4.79 Å². The molecular weight excluding hydrogens is 403 g/mol. The number of carbonyl (C=O) groups is 1. The first-order valence-electron chi connectivity index (χ1n) is 10.2. The second-order valence-corrected chi connectivity index (χ2v) is 8.32. The number of rotatable bonds is 6. The van der Waals surface area contributed by atoms with E-state index in [-0.39, 0.29) is 17.7 Å². The van der Waals surface area contributed by atoms with E-state index in [0.717, 1.165) is 53.1 Å². The number of ether oxygens (including phenoxy) is 1. The average molecular weight is 429 g/mol.